The van der Waals surface area contributed by atoms with Crippen molar-refractivity contribution >= 4 is 47.8 Å². The van der Waals surface area contributed by atoms with Crippen molar-refractivity contribution in [2.45, 2.75) is 0 Å². The lowest BCUT2D eigenvalue weighted by Crippen LogP contribution is -2.15. The molecule has 16 nitrogen and oxygen atoms in total. The quantitative estimate of drug-likeness (QED) is 0.179. The number of carboxylic acid groups (broad SMARTS) is 8. The number of hydrogen-bond donors (Lipinski definition) is 8. The summed E-state index contributed by atoms with van der Waals surface area (Å²) in [5.41, 5.74) is -5.05. The molecule has 0 saturated carbocycles. The molecule has 0 bridgehead atoms. The number of carboxylic acids is 8. The van der Waals surface area contributed by atoms with Crippen LogP contribution in [-0.2, 0) is 0 Å². The zero-order valence-electron chi connectivity index (χ0n) is 20.5. The molecule has 3 aromatic carbocycles. The highest BCUT2D eigenvalue weighted by molar-refractivity contribution is 6.09. The van der Waals surface area contributed by atoms with Crippen LogP contribution in [0.1, 0.15) is 82.9 Å². The van der Waals surface area contributed by atoms with Crippen molar-refractivity contribution in [1.29, 1.82) is 0 Å². The lowest BCUT2D eigenvalue weighted by atomic mass is 9.93. The summed E-state index contributed by atoms with van der Waals surface area (Å²) in [5, 5.41) is 71.5. The molecule has 0 unspecified atom stereocenters. The van der Waals surface area contributed by atoms with Gasteiger partial charge in [-0.3, -0.25) is 0 Å². The molecule has 16 heteroatoms. The summed E-state index contributed by atoms with van der Waals surface area (Å²) in [5.74, 6) is -12.5. The number of hydrogen-bond acceptors (Lipinski definition) is 8. The molecule has 0 aliphatic rings. The molecule has 0 atom stereocenters. The highest BCUT2D eigenvalue weighted by Gasteiger charge is 2.25. The van der Waals surface area contributed by atoms with Gasteiger partial charge in [0.25, 0.3) is 0 Å². The Morgan fingerprint density at radius 1 is 0.357 bits per heavy atom. The van der Waals surface area contributed by atoms with E-state index in [1.54, 1.807) is 0 Å². The molecule has 0 aliphatic carbocycles. The summed E-state index contributed by atoms with van der Waals surface area (Å²) in [4.78, 5) is 88.0. The van der Waals surface area contributed by atoms with Crippen LogP contribution in [0.15, 0.2) is 48.5 Å². The highest BCUT2D eigenvalue weighted by Crippen LogP contribution is 2.29. The summed E-state index contributed by atoms with van der Waals surface area (Å²) < 4.78 is 0. The van der Waals surface area contributed by atoms with E-state index in [4.69, 9.17) is 35.7 Å². The first-order chi connectivity index (χ1) is 19.5. The van der Waals surface area contributed by atoms with Crippen LogP contribution in [0.4, 0.5) is 0 Å². The van der Waals surface area contributed by atoms with Gasteiger partial charge in [-0.1, -0.05) is 18.2 Å². The normalized spacial score (nSPS) is 10.0. The molecule has 8 N–H and O–H groups in total. The Morgan fingerprint density at radius 3 is 1.05 bits per heavy atom. The molecule has 0 amide bonds. The van der Waals surface area contributed by atoms with Gasteiger partial charge in [-0.25, -0.2) is 38.4 Å². The van der Waals surface area contributed by atoms with E-state index in [0.717, 1.165) is 18.2 Å². The second-order valence-electron chi connectivity index (χ2n) is 7.87. The lowest BCUT2D eigenvalue weighted by Gasteiger charge is -2.11. The van der Waals surface area contributed by atoms with Crippen LogP contribution in [0.25, 0.3) is 11.1 Å². The van der Waals surface area contributed by atoms with Crippen molar-refractivity contribution in [1.82, 2.24) is 0 Å². The molecule has 216 valence electrons. The van der Waals surface area contributed by atoms with Gasteiger partial charge in [0.2, 0.25) is 0 Å². The van der Waals surface area contributed by atoms with E-state index in [2.05, 4.69) is 0 Å². The van der Waals surface area contributed by atoms with Crippen LogP contribution in [-0.4, -0.2) is 88.6 Å². The van der Waals surface area contributed by atoms with Crippen molar-refractivity contribution in [3.63, 3.8) is 0 Å². The van der Waals surface area contributed by atoms with Gasteiger partial charge in [0.05, 0.1) is 44.5 Å². The van der Waals surface area contributed by atoms with E-state index in [-0.39, 0.29) is 11.1 Å². The van der Waals surface area contributed by atoms with E-state index < -0.39 is 92.3 Å². The van der Waals surface area contributed by atoms with Gasteiger partial charge >= 0.3 is 47.8 Å². The Balaban J connectivity index is 0.000000307. The van der Waals surface area contributed by atoms with Crippen molar-refractivity contribution in [3.05, 3.63) is 93.0 Å². The Labute approximate surface area is 231 Å². The van der Waals surface area contributed by atoms with Crippen LogP contribution in [0.5, 0.6) is 0 Å². The van der Waals surface area contributed by atoms with Crippen molar-refractivity contribution < 1.29 is 79.2 Å². The van der Waals surface area contributed by atoms with Gasteiger partial charge < -0.3 is 40.9 Å². The van der Waals surface area contributed by atoms with Gasteiger partial charge in [-0.05, 0) is 41.5 Å². The Morgan fingerprint density at radius 2 is 0.714 bits per heavy atom. The van der Waals surface area contributed by atoms with Gasteiger partial charge in [-0.2, -0.15) is 0 Å². The smallest absolute Gasteiger partial charge is 0.337 e. The lowest BCUT2D eigenvalue weighted by molar-refractivity contribution is 0.0637. The zero-order chi connectivity index (χ0) is 32.0. The Kier molecular flexibility index (Phi) is 9.43. The van der Waals surface area contributed by atoms with E-state index >= 15 is 0 Å². The summed E-state index contributed by atoms with van der Waals surface area (Å²) >= 11 is 0. The summed E-state index contributed by atoms with van der Waals surface area (Å²) in [6.07, 6.45) is 0. The Hall–Kier alpha value is -6.58. The molecular formula is C26H16O16. The first kappa shape index (κ1) is 31.6. The summed E-state index contributed by atoms with van der Waals surface area (Å²) in [6.45, 7) is 0. The third kappa shape index (κ3) is 6.70. The number of rotatable bonds is 9. The molecule has 0 heterocycles. The molecule has 0 aromatic heterocycles. The van der Waals surface area contributed by atoms with E-state index in [1.807, 2.05) is 0 Å². The fraction of sp³-hybridized carbons (Fsp3) is 0. The number of aromatic carboxylic acids is 8. The first-order valence-electron chi connectivity index (χ1n) is 10.8. The van der Waals surface area contributed by atoms with Crippen molar-refractivity contribution in [2.24, 2.45) is 0 Å². The minimum atomic E-state index is -1.66. The maximum atomic E-state index is 11.4. The van der Waals surface area contributed by atoms with Crippen LogP contribution in [0.2, 0.25) is 0 Å². The topological polar surface area (TPSA) is 298 Å². The van der Waals surface area contributed by atoms with Crippen LogP contribution in [0.3, 0.4) is 0 Å². The molecule has 3 rings (SSSR count). The first-order valence-corrected chi connectivity index (χ1v) is 10.8. The minimum Gasteiger partial charge on any atom is -0.478 e. The molecular weight excluding hydrogens is 568 g/mol. The number of benzene rings is 3. The molecule has 0 radical (unpaired) electrons. The maximum Gasteiger partial charge on any atom is 0.337 e. The van der Waals surface area contributed by atoms with Crippen molar-refractivity contribution in [2.75, 3.05) is 0 Å². The molecule has 3 aromatic rings. The SMILES string of the molecule is O=C(O)c1cc(C(=O)O)c(C(=O)O)cc1C(=O)O.O=C(O)c1ccc(-c2cccc(C(=O)O)c2C(=O)O)cc1C(=O)O. The number of carbonyl (C=O) groups is 8. The standard InChI is InChI=1S/C16H10O8.C10H6O8/c17-13(18)9-5-4-7(6-11(9)15(21)22)8-2-1-3-10(14(19)20)12(8)16(23)24;11-7(12)3-1-4(8(13)14)6(10(17)18)2-5(3)9(15)16/h1-6H,(H,17,18)(H,19,20)(H,21,22)(H,23,24);1-2H,(H,11,12)(H,13,14)(H,15,16)(H,17,18). The summed E-state index contributed by atoms with van der Waals surface area (Å²) in [6, 6.07) is 8.02. The fourth-order valence-electron chi connectivity index (χ4n) is 3.58. The third-order valence-corrected chi connectivity index (χ3v) is 5.38. The van der Waals surface area contributed by atoms with E-state index in [0.29, 0.717) is 12.1 Å². The van der Waals surface area contributed by atoms with Gasteiger partial charge in [0, 0.05) is 0 Å². The molecule has 0 fully saturated rings. The average Bonchev–Trinajstić information content (AvgIpc) is 2.91. The predicted molar refractivity (Wildman–Crippen MR) is 134 cm³/mol. The second kappa shape index (κ2) is 12.5. The molecule has 0 spiro atoms. The summed E-state index contributed by atoms with van der Waals surface area (Å²) in [7, 11) is 0. The van der Waals surface area contributed by atoms with Crippen LogP contribution < -0.4 is 0 Å². The third-order valence-electron chi connectivity index (χ3n) is 5.38. The second-order valence-corrected chi connectivity index (χ2v) is 7.87. The van der Waals surface area contributed by atoms with Crippen LogP contribution in [0, 0.1) is 0 Å². The van der Waals surface area contributed by atoms with Gasteiger partial charge in [0.15, 0.2) is 0 Å². The predicted octanol–water partition coefficient (Wildman–Crippen LogP) is 2.63. The zero-order valence-corrected chi connectivity index (χ0v) is 20.5. The minimum absolute atomic E-state index is 0.0261. The van der Waals surface area contributed by atoms with E-state index in [1.165, 1.54) is 18.2 Å². The monoisotopic (exact) mass is 584 g/mol. The average molecular weight is 584 g/mol. The fourth-order valence-corrected chi connectivity index (χ4v) is 3.58. The maximum absolute atomic E-state index is 11.4. The highest BCUT2D eigenvalue weighted by atomic mass is 16.4. The van der Waals surface area contributed by atoms with Gasteiger partial charge in [0.1, 0.15) is 0 Å². The largest absolute Gasteiger partial charge is 0.478 e. The molecule has 42 heavy (non-hydrogen) atoms. The molecule has 0 aliphatic heterocycles. The van der Waals surface area contributed by atoms with E-state index in [9.17, 15) is 43.5 Å². The van der Waals surface area contributed by atoms with Crippen LogP contribution >= 0.6 is 0 Å². The van der Waals surface area contributed by atoms with Crippen molar-refractivity contribution in [3.8, 4) is 11.1 Å². The molecule has 0 saturated heterocycles. The Bertz CT molecular complexity index is 1600. The van der Waals surface area contributed by atoms with Gasteiger partial charge in [-0.15, -0.1) is 0 Å².